The zero-order valence-electron chi connectivity index (χ0n) is 25.5. The Morgan fingerprint density at radius 2 is 1.50 bits per heavy atom. The van der Waals surface area contributed by atoms with E-state index in [9.17, 15) is 50.1 Å². The van der Waals surface area contributed by atoms with Crippen molar-refractivity contribution >= 4 is 17.6 Å². The van der Waals surface area contributed by atoms with Crippen LogP contribution in [0.25, 0.3) is 0 Å². The SMILES string of the molecule is CCCCCCC(N)C(=O)NC(CCC(=O)N[C@@H]1OC(CO)[C@@H](O[C@@H]2OC(CO)[C@H](O)[C@H](O)C2O)[C@H](O)C1O)C(=O)C(C)C. The Hall–Kier alpha value is -1.83. The fraction of sp³-hybridized carbons (Fsp3) is 0.893. The number of ether oxygens (including phenoxy) is 3. The molecule has 44 heavy (non-hydrogen) atoms. The third-order valence-corrected chi connectivity index (χ3v) is 7.90. The Labute approximate surface area is 256 Å². The van der Waals surface area contributed by atoms with Gasteiger partial charge in [0.1, 0.15) is 48.8 Å². The van der Waals surface area contributed by atoms with E-state index in [4.69, 9.17) is 19.9 Å². The molecule has 0 aromatic heterocycles. The molecule has 0 aromatic rings. The number of ketones is 1. The molecule has 0 saturated carbocycles. The summed E-state index contributed by atoms with van der Waals surface area (Å²) < 4.78 is 16.3. The predicted molar refractivity (Wildman–Crippen MR) is 152 cm³/mol. The molecule has 0 aliphatic carbocycles. The van der Waals surface area contributed by atoms with Crippen molar-refractivity contribution in [2.45, 2.75) is 139 Å². The first-order valence-corrected chi connectivity index (χ1v) is 15.2. The van der Waals surface area contributed by atoms with E-state index in [1.54, 1.807) is 13.8 Å². The molecular weight excluding hydrogens is 586 g/mol. The summed E-state index contributed by atoms with van der Waals surface area (Å²) in [5, 5.41) is 75.9. The summed E-state index contributed by atoms with van der Waals surface area (Å²) in [5.74, 6) is -1.91. The first-order valence-electron chi connectivity index (χ1n) is 15.2. The fourth-order valence-electron chi connectivity index (χ4n) is 5.10. The highest BCUT2D eigenvalue weighted by Crippen LogP contribution is 2.28. The zero-order chi connectivity index (χ0) is 33.1. The maximum absolute atomic E-state index is 12.8. The molecule has 256 valence electrons. The maximum Gasteiger partial charge on any atom is 0.237 e. The molecule has 0 radical (unpaired) electrons. The lowest BCUT2D eigenvalue weighted by Gasteiger charge is -2.46. The molecular formula is C28H51N3O13. The van der Waals surface area contributed by atoms with Gasteiger partial charge in [0, 0.05) is 12.3 Å². The second kappa shape index (κ2) is 18.3. The van der Waals surface area contributed by atoms with Crippen LogP contribution in [0, 0.1) is 5.92 Å². The van der Waals surface area contributed by atoms with Crippen LogP contribution in [0.15, 0.2) is 0 Å². The van der Waals surface area contributed by atoms with Crippen LogP contribution in [0.4, 0.5) is 0 Å². The lowest BCUT2D eigenvalue weighted by atomic mass is 9.96. The molecule has 0 bridgehead atoms. The fourth-order valence-corrected chi connectivity index (χ4v) is 5.10. The van der Waals surface area contributed by atoms with Crippen molar-refractivity contribution in [2.75, 3.05) is 13.2 Å². The van der Waals surface area contributed by atoms with Crippen LogP contribution in [0.1, 0.15) is 65.7 Å². The van der Waals surface area contributed by atoms with Crippen molar-refractivity contribution in [3.05, 3.63) is 0 Å². The minimum atomic E-state index is -1.81. The number of hydrogen-bond acceptors (Lipinski definition) is 14. The Morgan fingerprint density at radius 1 is 0.841 bits per heavy atom. The minimum absolute atomic E-state index is 0.0746. The lowest BCUT2D eigenvalue weighted by Crippen LogP contribution is -2.66. The highest BCUT2D eigenvalue weighted by atomic mass is 16.7. The van der Waals surface area contributed by atoms with E-state index in [2.05, 4.69) is 17.6 Å². The monoisotopic (exact) mass is 637 g/mol. The number of aliphatic hydroxyl groups is 7. The molecule has 2 fully saturated rings. The van der Waals surface area contributed by atoms with Crippen molar-refractivity contribution in [3.63, 3.8) is 0 Å². The van der Waals surface area contributed by atoms with Gasteiger partial charge < -0.3 is 66.3 Å². The topological polar surface area (TPSA) is 271 Å². The molecule has 0 spiro atoms. The summed E-state index contributed by atoms with van der Waals surface area (Å²) >= 11 is 0. The average Bonchev–Trinajstić information content (AvgIpc) is 3.00. The van der Waals surface area contributed by atoms with Crippen molar-refractivity contribution in [1.29, 1.82) is 0 Å². The summed E-state index contributed by atoms with van der Waals surface area (Å²) in [6.07, 6.45) is -12.3. The number of nitrogens with one attached hydrogen (secondary N) is 2. The van der Waals surface area contributed by atoms with Crippen LogP contribution < -0.4 is 16.4 Å². The van der Waals surface area contributed by atoms with Crippen LogP contribution in [0.3, 0.4) is 0 Å². The van der Waals surface area contributed by atoms with E-state index in [1.807, 2.05) is 0 Å². The third-order valence-electron chi connectivity index (χ3n) is 7.90. The second-order valence-corrected chi connectivity index (χ2v) is 11.7. The van der Waals surface area contributed by atoms with Crippen LogP contribution >= 0.6 is 0 Å². The zero-order valence-corrected chi connectivity index (χ0v) is 25.5. The number of carbonyl (C=O) groups excluding carboxylic acids is 3. The van der Waals surface area contributed by atoms with Gasteiger partial charge in [-0.2, -0.15) is 0 Å². The molecule has 2 rings (SSSR count). The highest BCUT2D eigenvalue weighted by Gasteiger charge is 2.50. The molecule has 12 atom stereocenters. The number of hydrogen-bond donors (Lipinski definition) is 10. The maximum atomic E-state index is 12.8. The normalized spacial score (nSPS) is 33.9. The van der Waals surface area contributed by atoms with Crippen LogP contribution in [-0.4, -0.2) is 140 Å². The molecule has 2 aliphatic heterocycles. The summed E-state index contributed by atoms with van der Waals surface area (Å²) in [4.78, 5) is 38.2. The quantitative estimate of drug-likeness (QED) is 0.0694. The Balaban J connectivity index is 1.99. The van der Waals surface area contributed by atoms with E-state index in [0.717, 1.165) is 25.7 Å². The highest BCUT2D eigenvalue weighted by molar-refractivity contribution is 5.92. The number of amides is 2. The predicted octanol–water partition coefficient (Wildman–Crippen LogP) is -3.49. The molecule has 6 unspecified atom stereocenters. The van der Waals surface area contributed by atoms with Gasteiger partial charge in [-0.15, -0.1) is 0 Å². The van der Waals surface area contributed by atoms with Crippen LogP contribution in [0.2, 0.25) is 0 Å². The standard InChI is InChI=1S/C28H51N3O13/c1-4-5-6-7-8-14(29)26(41)30-15(19(35)13(2)3)9-10-18(34)31-27-23(39)22(38)25(17(12-33)42-27)44-28-24(40)21(37)20(36)16(11-32)43-28/h13-17,20-25,27-28,32-33,36-40H,4-12,29H2,1-3H3,(H,30,41)(H,31,34)/t14?,15?,16?,17?,20-,21-,22+,23?,24?,25+,27+,28-/m0/s1. The Morgan fingerprint density at radius 3 is 2.09 bits per heavy atom. The van der Waals surface area contributed by atoms with E-state index in [-0.39, 0.29) is 18.6 Å². The number of rotatable bonds is 17. The van der Waals surface area contributed by atoms with Gasteiger partial charge in [0.05, 0.1) is 25.3 Å². The number of nitrogens with two attached hydrogens (primary N) is 1. The van der Waals surface area contributed by atoms with Crippen LogP contribution in [0.5, 0.6) is 0 Å². The van der Waals surface area contributed by atoms with Crippen molar-refractivity contribution in [3.8, 4) is 0 Å². The van der Waals surface area contributed by atoms with Gasteiger partial charge in [0.15, 0.2) is 18.3 Å². The van der Waals surface area contributed by atoms with Gasteiger partial charge in [-0.3, -0.25) is 14.4 Å². The molecule has 2 heterocycles. The van der Waals surface area contributed by atoms with Crippen molar-refractivity contribution in [2.24, 2.45) is 11.7 Å². The lowest BCUT2D eigenvalue weighted by molar-refractivity contribution is -0.343. The number of carbonyl (C=O) groups is 3. The molecule has 0 aromatic carbocycles. The molecule has 2 amide bonds. The summed E-state index contributed by atoms with van der Waals surface area (Å²) in [5.41, 5.74) is 6.01. The third kappa shape index (κ3) is 10.3. The molecule has 11 N–H and O–H groups in total. The molecule has 16 nitrogen and oxygen atoms in total. The van der Waals surface area contributed by atoms with E-state index >= 15 is 0 Å². The average molecular weight is 638 g/mol. The summed E-state index contributed by atoms with van der Waals surface area (Å²) in [6, 6.07) is -1.79. The molecule has 2 aliphatic rings. The second-order valence-electron chi connectivity index (χ2n) is 11.7. The Bertz CT molecular complexity index is 908. The summed E-state index contributed by atoms with van der Waals surface area (Å²) in [7, 11) is 0. The Kier molecular flexibility index (Phi) is 16.0. The van der Waals surface area contributed by atoms with Gasteiger partial charge >= 0.3 is 0 Å². The van der Waals surface area contributed by atoms with Crippen molar-refractivity contribution < 1.29 is 64.3 Å². The van der Waals surface area contributed by atoms with Gasteiger partial charge in [-0.1, -0.05) is 46.5 Å². The minimum Gasteiger partial charge on any atom is -0.394 e. The number of unbranched alkanes of at least 4 members (excludes halogenated alkanes) is 3. The largest absolute Gasteiger partial charge is 0.394 e. The number of aliphatic hydroxyl groups excluding tert-OH is 7. The van der Waals surface area contributed by atoms with E-state index < -0.39 is 104 Å². The summed E-state index contributed by atoms with van der Waals surface area (Å²) in [6.45, 7) is 3.90. The van der Waals surface area contributed by atoms with E-state index in [0.29, 0.717) is 6.42 Å². The van der Waals surface area contributed by atoms with Gasteiger partial charge in [0.25, 0.3) is 0 Å². The van der Waals surface area contributed by atoms with E-state index in [1.165, 1.54) is 0 Å². The number of Topliss-reactive ketones (excluding diaryl/α,β-unsaturated/α-hetero) is 1. The first-order chi connectivity index (χ1) is 20.8. The van der Waals surface area contributed by atoms with Gasteiger partial charge in [-0.25, -0.2) is 0 Å². The van der Waals surface area contributed by atoms with Gasteiger partial charge in [0.2, 0.25) is 11.8 Å². The molecule has 16 heteroatoms. The van der Waals surface area contributed by atoms with Crippen LogP contribution in [-0.2, 0) is 28.6 Å². The van der Waals surface area contributed by atoms with Gasteiger partial charge in [-0.05, 0) is 12.8 Å². The smallest absolute Gasteiger partial charge is 0.237 e. The van der Waals surface area contributed by atoms with Crippen molar-refractivity contribution in [1.82, 2.24) is 10.6 Å². The molecule has 2 saturated heterocycles. The first kappa shape index (κ1) is 38.4.